The predicted octanol–water partition coefficient (Wildman–Crippen LogP) is 2.70. The van der Waals surface area contributed by atoms with Gasteiger partial charge in [-0.1, -0.05) is 29.5 Å². The Morgan fingerprint density at radius 1 is 1.33 bits per heavy atom. The number of hydrogen-bond acceptors (Lipinski definition) is 6. The summed E-state index contributed by atoms with van der Waals surface area (Å²) in [7, 11) is 0. The summed E-state index contributed by atoms with van der Waals surface area (Å²) in [6.45, 7) is 0. The minimum absolute atomic E-state index is 0.0198. The fourth-order valence-electron chi connectivity index (χ4n) is 1.73. The van der Waals surface area contributed by atoms with Crippen LogP contribution in [0.3, 0.4) is 0 Å². The molecule has 0 spiro atoms. The van der Waals surface area contributed by atoms with E-state index in [1.165, 1.54) is 22.6 Å². The Hall–Kier alpha value is -1.93. The van der Waals surface area contributed by atoms with Crippen molar-refractivity contribution in [2.45, 2.75) is 17.7 Å². The first-order valence-electron chi connectivity index (χ1n) is 6.46. The largest absolute Gasteiger partial charge is 0.301 e. The van der Waals surface area contributed by atoms with Gasteiger partial charge in [0.2, 0.25) is 16.0 Å². The molecule has 0 saturated heterocycles. The van der Waals surface area contributed by atoms with E-state index in [1.807, 2.05) is 18.2 Å². The molecule has 0 radical (unpaired) electrons. The van der Waals surface area contributed by atoms with E-state index in [9.17, 15) is 4.79 Å². The Morgan fingerprint density at radius 3 is 3.00 bits per heavy atom. The van der Waals surface area contributed by atoms with Gasteiger partial charge in [0.25, 0.3) is 0 Å². The van der Waals surface area contributed by atoms with Crippen LogP contribution in [-0.2, 0) is 4.79 Å². The highest BCUT2D eigenvalue weighted by atomic mass is 32.2. The molecule has 0 unspecified atom stereocenters. The summed E-state index contributed by atoms with van der Waals surface area (Å²) < 4.78 is 1.55. The molecule has 3 rings (SSSR count). The first-order chi connectivity index (χ1) is 10.3. The molecule has 6 nitrogen and oxygen atoms in total. The second-order valence-corrected chi connectivity index (χ2v) is 6.40. The van der Waals surface area contributed by atoms with E-state index in [2.05, 4.69) is 32.7 Å². The van der Waals surface area contributed by atoms with Gasteiger partial charge in [0.1, 0.15) is 6.33 Å². The molecule has 21 heavy (non-hydrogen) atoms. The molecule has 2 aromatic heterocycles. The molecule has 8 heteroatoms. The zero-order valence-corrected chi connectivity index (χ0v) is 12.7. The van der Waals surface area contributed by atoms with Crippen LogP contribution in [0.15, 0.2) is 41.6 Å². The van der Waals surface area contributed by atoms with Gasteiger partial charge in [0.15, 0.2) is 0 Å². The molecule has 3 aromatic rings. The second kappa shape index (κ2) is 6.68. The number of hydrogen-bond donors (Lipinski definition) is 1. The summed E-state index contributed by atoms with van der Waals surface area (Å²) in [6, 6.07) is 10.2. The van der Waals surface area contributed by atoms with Gasteiger partial charge in [0.05, 0.1) is 0 Å². The summed E-state index contributed by atoms with van der Waals surface area (Å²) in [5.41, 5.74) is 0. The second-order valence-electron chi connectivity index (χ2n) is 4.28. The Morgan fingerprint density at radius 2 is 2.19 bits per heavy atom. The summed E-state index contributed by atoms with van der Waals surface area (Å²) in [4.78, 5) is 13.7. The lowest BCUT2D eigenvalue weighted by molar-refractivity contribution is -0.116. The number of benzene rings is 1. The Balaban J connectivity index is 1.41. The van der Waals surface area contributed by atoms with Gasteiger partial charge in [-0.15, -0.1) is 27.1 Å². The number of carbonyl (C=O) groups is 1. The fraction of sp³-hybridized carbons (Fsp3) is 0.231. The standard InChI is InChI=1S/C13H13N5OS2/c19-11(7-4-8-20-10-5-2-1-3-6-10)15-12-17-18-9-14-16-13(18)21-12/h1-3,5-6,9H,4,7-8H2,(H,15,17,19). The van der Waals surface area contributed by atoms with Crippen molar-refractivity contribution >= 4 is 39.1 Å². The van der Waals surface area contributed by atoms with Crippen LogP contribution in [0, 0.1) is 0 Å². The quantitative estimate of drug-likeness (QED) is 0.558. The van der Waals surface area contributed by atoms with Crippen LogP contribution in [0.25, 0.3) is 4.96 Å². The summed E-state index contributed by atoms with van der Waals surface area (Å²) in [5.74, 6) is 0.899. The first kappa shape index (κ1) is 14.0. The highest BCUT2D eigenvalue weighted by molar-refractivity contribution is 7.99. The Kier molecular flexibility index (Phi) is 4.46. The number of carbonyl (C=O) groups excluding carboxylic acids is 1. The minimum Gasteiger partial charge on any atom is -0.301 e. The van der Waals surface area contributed by atoms with Gasteiger partial charge < -0.3 is 5.32 Å². The molecule has 108 valence electrons. The molecule has 0 aliphatic heterocycles. The Bertz CT molecular complexity index is 696. The first-order valence-corrected chi connectivity index (χ1v) is 8.26. The molecule has 1 N–H and O–H groups in total. The maximum Gasteiger partial charge on any atom is 0.236 e. The smallest absolute Gasteiger partial charge is 0.236 e. The molecule has 0 atom stereocenters. The van der Waals surface area contributed by atoms with Gasteiger partial charge in [-0.05, 0) is 24.3 Å². The van der Waals surface area contributed by atoms with Crippen molar-refractivity contribution in [3.05, 3.63) is 36.7 Å². The van der Waals surface area contributed by atoms with Crippen LogP contribution in [0.5, 0.6) is 0 Å². The average molecular weight is 319 g/mol. The van der Waals surface area contributed by atoms with Crippen LogP contribution in [0.4, 0.5) is 5.13 Å². The maximum absolute atomic E-state index is 11.8. The molecule has 0 fully saturated rings. The molecular weight excluding hydrogens is 306 g/mol. The number of aromatic nitrogens is 4. The third kappa shape index (κ3) is 3.79. The van der Waals surface area contributed by atoms with Gasteiger partial charge in [-0.3, -0.25) is 4.79 Å². The fourth-order valence-corrected chi connectivity index (χ4v) is 3.34. The highest BCUT2D eigenvalue weighted by Crippen LogP contribution is 2.19. The van der Waals surface area contributed by atoms with Crippen LogP contribution in [0.2, 0.25) is 0 Å². The lowest BCUT2D eigenvalue weighted by Crippen LogP contribution is -2.11. The van der Waals surface area contributed by atoms with Crippen LogP contribution in [0.1, 0.15) is 12.8 Å². The Labute approximate surface area is 129 Å². The third-order valence-corrected chi connectivity index (χ3v) is 4.62. The van der Waals surface area contributed by atoms with Crippen molar-refractivity contribution in [3.63, 3.8) is 0 Å². The lowest BCUT2D eigenvalue weighted by Gasteiger charge is -2.02. The number of fused-ring (bicyclic) bond motifs is 1. The monoisotopic (exact) mass is 319 g/mol. The van der Waals surface area contributed by atoms with Crippen LogP contribution < -0.4 is 5.32 Å². The van der Waals surface area contributed by atoms with Crippen LogP contribution in [-0.4, -0.2) is 31.5 Å². The van der Waals surface area contributed by atoms with Crippen molar-refractivity contribution in [2.24, 2.45) is 0 Å². The molecule has 2 heterocycles. The van der Waals surface area contributed by atoms with Gasteiger partial charge in [0, 0.05) is 11.3 Å². The molecule has 0 aliphatic rings. The normalized spacial score (nSPS) is 10.9. The van der Waals surface area contributed by atoms with E-state index >= 15 is 0 Å². The van der Waals surface area contributed by atoms with Crippen molar-refractivity contribution in [3.8, 4) is 0 Å². The number of nitrogens with one attached hydrogen (secondary N) is 1. The van der Waals surface area contributed by atoms with E-state index in [-0.39, 0.29) is 5.91 Å². The summed E-state index contributed by atoms with van der Waals surface area (Å²) >= 11 is 3.07. The van der Waals surface area contributed by atoms with Crippen molar-refractivity contribution in [2.75, 3.05) is 11.1 Å². The SMILES string of the molecule is O=C(CCCSc1ccccc1)Nc1nn2cnnc2s1. The van der Waals surface area contributed by atoms with E-state index in [0.29, 0.717) is 16.5 Å². The number of rotatable bonds is 6. The van der Waals surface area contributed by atoms with Crippen molar-refractivity contribution in [1.82, 2.24) is 19.8 Å². The topological polar surface area (TPSA) is 72.2 Å². The maximum atomic E-state index is 11.8. The van der Waals surface area contributed by atoms with Gasteiger partial charge in [-0.25, -0.2) is 0 Å². The highest BCUT2D eigenvalue weighted by Gasteiger charge is 2.08. The molecule has 0 bridgehead atoms. The van der Waals surface area contributed by atoms with Gasteiger partial charge in [-0.2, -0.15) is 4.52 Å². The third-order valence-electron chi connectivity index (χ3n) is 2.69. The minimum atomic E-state index is -0.0198. The van der Waals surface area contributed by atoms with E-state index < -0.39 is 0 Å². The molecule has 0 aliphatic carbocycles. The zero-order chi connectivity index (χ0) is 14.5. The number of thioether (sulfide) groups is 1. The summed E-state index contributed by atoms with van der Waals surface area (Å²) in [6.07, 6.45) is 2.83. The zero-order valence-electron chi connectivity index (χ0n) is 11.1. The molecular formula is C13H13N5OS2. The predicted molar refractivity (Wildman–Crippen MR) is 83.7 cm³/mol. The van der Waals surface area contributed by atoms with Crippen LogP contribution >= 0.6 is 23.1 Å². The lowest BCUT2D eigenvalue weighted by atomic mass is 10.3. The molecule has 1 amide bonds. The number of amides is 1. The molecule has 0 saturated carbocycles. The van der Waals surface area contributed by atoms with E-state index in [0.717, 1.165) is 12.2 Å². The van der Waals surface area contributed by atoms with E-state index in [1.54, 1.807) is 16.3 Å². The summed E-state index contributed by atoms with van der Waals surface area (Å²) in [5, 5.41) is 15.1. The van der Waals surface area contributed by atoms with Gasteiger partial charge >= 0.3 is 0 Å². The van der Waals surface area contributed by atoms with Crippen molar-refractivity contribution in [1.29, 1.82) is 0 Å². The average Bonchev–Trinajstić information content (AvgIpc) is 3.06. The molecule has 1 aromatic carbocycles. The number of nitrogens with zero attached hydrogens (tertiary/aromatic N) is 4. The van der Waals surface area contributed by atoms with Crippen molar-refractivity contribution < 1.29 is 4.79 Å². The number of anilines is 1. The van der Waals surface area contributed by atoms with E-state index in [4.69, 9.17) is 0 Å².